The molecular formula is C27H27N3O2. The Kier molecular flexibility index (Phi) is 7.08. The zero-order valence-corrected chi connectivity index (χ0v) is 18.1. The Labute approximate surface area is 189 Å². The van der Waals surface area contributed by atoms with E-state index in [1.54, 1.807) is 0 Å². The van der Waals surface area contributed by atoms with Gasteiger partial charge in [0.1, 0.15) is 0 Å². The Morgan fingerprint density at radius 3 is 1.84 bits per heavy atom. The van der Waals surface area contributed by atoms with Gasteiger partial charge in [0.2, 0.25) is 11.8 Å². The standard InChI is InChI=1S/C27H27N3O2/c31-26(16-17-27(32)30-19-18-25(28-30)24-14-8-3-9-15-24)29(20-22-10-4-1-5-11-22)21-23-12-6-2-7-13-23/h1-15H,16-21H2. The van der Waals surface area contributed by atoms with Crippen molar-refractivity contribution in [1.29, 1.82) is 0 Å². The molecular weight excluding hydrogens is 398 g/mol. The molecule has 3 aromatic carbocycles. The highest BCUT2D eigenvalue weighted by atomic mass is 16.2. The lowest BCUT2D eigenvalue weighted by molar-refractivity contribution is -0.137. The summed E-state index contributed by atoms with van der Waals surface area (Å²) in [6, 6.07) is 29.8. The van der Waals surface area contributed by atoms with Gasteiger partial charge in [0.25, 0.3) is 0 Å². The van der Waals surface area contributed by atoms with E-state index in [1.165, 1.54) is 5.01 Å². The lowest BCUT2D eigenvalue weighted by Crippen LogP contribution is -2.32. The van der Waals surface area contributed by atoms with Crippen molar-refractivity contribution in [3.63, 3.8) is 0 Å². The van der Waals surface area contributed by atoms with Crippen LogP contribution in [0, 0.1) is 0 Å². The third-order valence-electron chi connectivity index (χ3n) is 5.53. The van der Waals surface area contributed by atoms with Crippen LogP contribution in [0.15, 0.2) is 96.1 Å². The first-order valence-corrected chi connectivity index (χ1v) is 11.0. The van der Waals surface area contributed by atoms with Crippen LogP contribution in [0.3, 0.4) is 0 Å². The molecule has 0 radical (unpaired) electrons. The molecule has 1 aliphatic rings. The predicted molar refractivity (Wildman–Crippen MR) is 126 cm³/mol. The Morgan fingerprint density at radius 2 is 1.28 bits per heavy atom. The van der Waals surface area contributed by atoms with E-state index in [1.807, 2.05) is 95.9 Å². The molecule has 0 fully saturated rings. The van der Waals surface area contributed by atoms with Gasteiger partial charge in [-0.2, -0.15) is 5.10 Å². The number of amides is 2. The summed E-state index contributed by atoms with van der Waals surface area (Å²) in [5, 5.41) is 6.00. The van der Waals surface area contributed by atoms with E-state index in [0.29, 0.717) is 19.6 Å². The maximum absolute atomic E-state index is 13.1. The van der Waals surface area contributed by atoms with Gasteiger partial charge in [0, 0.05) is 32.4 Å². The molecule has 0 saturated heterocycles. The summed E-state index contributed by atoms with van der Waals surface area (Å²) in [6.45, 7) is 1.60. The second-order valence-electron chi connectivity index (χ2n) is 7.90. The molecule has 2 amide bonds. The molecule has 0 atom stereocenters. The van der Waals surface area contributed by atoms with Gasteiger partial charge in [-0.15, -0.1) is 0 Å². The van der Waals surface area contributed by atoms with Crippen molar-refractivity contribution in [1.82, 2.24) is 9.91 Å². The zero-order valence-electron chi connectivity index (χ0n) is 18.1. The van der Waals surface area contributed by atoms with E-state index in [2.05, 4.69) is 5.10 Å². The lowest BCUT2D eigenvalue weighted by Gasteiger charge is -2.23. The topological polar surface area (TPSA) is 53.0 Å². The van der Waals surface area contributed by atoms with Gasteiger partial charge in [-0.3, -0.25) is 9.59 Å². The summed E-state index contributed by atoms with van der Waals surface area (Å²) in [7, 11) is 0. The maximum atomic E-state index is 13.1. The van der Waals surface area contributed by atoms with E-state index in [0.717, 1.165) is 28.8 Å². The molecule has 1 aliphatic heterocycles. The molecule has 1 heterocycles. The molecule has 5 nitrogen and oxygen atoms in total. The normalized spacial score (nSPS) is 13.0. The molecule has 0 saturated carbocycles. The third-order valence-corrected chi connectivity index (χ3v) is 5.53. The molecule has 0 bridgehead atoms. The van der Waals surface area contributed by atoms with Gasteiger partial charge in [-0.25, -0.2) is 5.01 Å². The third kappa shape index (κ3) is 5.70. The first-order valence-electron chi connectivity index (χ1n) is 11.0. The minimum atomic E-state index is -0.108. The Bertz CT molecular complexity index is 1020. The van der Waals surface area contributed by atoms with Crippen molar-refractivity contribution in [2.24, 2.45) is 5.10 Å². The largest absolute Gasteiger partial charge is 0.334 e. The number of benzene rings is 3. The summed E-state index contributed by atoms with van der Waals surface area (Å²) in [6.07, 6.45) is 1.06. The molecule has 0 aromatic heterocycles. The first-order chi connectivity index (χ1) is 15.7. The van der Waals surface area contributed by atoms with E-state index in [4.69, 9.17) is 0 Å². The summed E-state index contributed by atoms with van der Waals surface area (Å²) in [5.74, 6) is -0.138. The lowest BCUT2D eigenvalue weighted by atomic mass is 10.1. The number of rotatable bonds is 8. The summed E-state index contributed by atoms with van der Waals surface area (Å²) >= 11 is 0. The second kappa shape index (κ2) is 10.5. The highest BCUT2D eigenvalue weighted by Gasteiger charge is 2.23. The molecule has 0 spiro atoms. The van der Waals surface area contributed by atoms with Crippen LogP contribution in [0.2, 0.25) is 0 Å². The first kappa shape index (κ1) is 21.5. The van der Waals surface area contributed by atoms with Gasteiger partial charge < -0.3 is 4.90 Å². The van der Waals surface area contributed by atoms with E-state index >= 15 is 0 Å². The molecule has 0 unspecified atom stereocenters. The SMILES string of the molecule is O=C(CCC(=O)N1CCC(c2ccccc2)=N1)N(Cc1ccccc1)Cc1ccccc1. The van der Waals surface area contributed by atoms with Crippen LogP contribution < -0.4 is 0 Å². The number of hydrogen-bond donors (Lipinski definition) is 0. The monoisotopic (exact) mass is 425 g/mol. The fourth-order valence-corrected chi connectivity index (χ4v) is 3.81. The number of hydrogen-bond acceptors (Lipinski definition) is 3. The van der Waals surface area contributed by atoms with Crippen LogP contribution >= 0.6 is 0 Å². The minimum absolute atomic E-state index is 0.0301. The molecule has 32 heavy (non-hydrogen) atoms. The molecule has 0 aliphatic carbocycles. The summed E-state index contributed by atoms with van der Waals surface area (Å²) in [5.41, 5.74) is 4.09. The molecule has 162 valence electrons. The van der Waals surface area contributed by atoms with Crippen LogP contribution in [0.1, 0.15) is 36.0 Å². The fraction of sp³-hybridized carbons (Fsp3) is 0.222. The van der Waals surface area contributed by atoms with E-state index in [-0.39, 0.29) is 24.7 Å². The van der Waals surface area contributed by atoms with Gasteiger partial charge in [-0.05, 0) is 16.7 Å². The van der Waals surface area contributed by atoms with E-state index in [9.17, 15) is 9.59 Å². The molecule has 3 aromatic rings. The molecule has 5 heteroatoms. The van der Waals surface area contributed by atoms with Gasteiger partial charge in [-0.1, -0.05) is 91.0 Å². The van der Waals surface area contributed by atoms with Crippen molar-refractivity contribution >= 4 is 17.5 Å². The number of hydrazone groups is 1. The zero-order chi connectivity index (χ0) is 22.2. The van der Waals surface area contributed by atoms with Crippen LogP contribution in [-0.2, 0) is 22.7 Å². The van der Waals surface area contributed by atoms with Crippen molar-refractivity contribution in [2.75, 3.05) is 6.54 Å². The highest BCUT2D eigenvalue weighted by molar-refractivity contribution is 6.02. The molecule has 4 rings (SSSR count). The predicted octanol–water partition coefficient (Wildman–Crippen LogP) is 4.63. The fourth-order valence-electron chi connectivity index (χ4n) is 3.81. The van der Waals surface area contributed by atoms with Crippen LogP contribution in [0.5, 0.6) is 0 Å². The van der Waals surface area contributed by atoms with Crippen molar-refractivity contribution < 1.29 is 9.59 Å². The van der Waals surface area contributed by atoms with Crippen LogP contribution in [0.4, 0.5) is 0 Å². The van der Waals surface area contributed by atoms with Crippen molar-refractivity contribution in [2.45, 2.75) is 32.4 Å². The second-order valence-corrected chi connectivity index (χ2v) is 7.90. The molecule has 0 N–H and O–H groups in total. The average Bonchev–Trinajstić information content (AvgIpc) is 3.34. The highest BCUT2D eigenvalue weighted by Crippen LogP contribution is 2.17. The van der Waals surface area contributed by atoms with Gasteiger partial charge >= 0.3 is 0 Å². The smallest absolute Gasteiger partial charge is 0.243 e. The number of nitrogens with zero attached hydrogens (tertiary/aromatic N) is 3. The quantitative estimate of drug-likeness (QED) is 0.528. The maximum Gasteiger partial charge on any atom is 0.243 e. The van der Waals surface area contributed by atoms with Gasteiger partial charge in [0.15, 0.2) is 0 Å². The van der Waals surface area contributed by atoms with Crippen molar-refractivity contribution in [3.05, 3.63) is 108 Å². The van der Waals surface area contributed by atoms with Crippen LogP contribution in [0.25, 0.3) is 0 Å². The van der Waals surface area contributed by atoms with Crippen LogP contribution in [-0.4, -0.2) is 34.0 Å². The number of carbonyl (C=O) groups excluding carboxylic acids is 2. The Morgan fingerprint density at radius 1 is 0.750 bits per heavy atom. The average molecular weight is 426 g/mol. The Balaban J connectivity index is 1.38. The summed E-state index contributed by atoms with van der Waals surface area (Å²) < 4.78 is 0. The minimum Gasteiger partial charge on any atom is -0.334 e. The Hall–Kier alpha value is -3.73. The van der Waals surface area contributed by atoms with Gasteiger partial charge in [0.05, 0.1) is 12.3 Å². The van der Waals surface area contributed by atoms with E-state index < -0.39 is 0 Å². The van der Waals surface area contributed by atoms with Crippen molar-refractivity contribution in [3.8, 4) is 0 Å². The number of carbonyl (C=O) groups is 2. The summed E-state index contributed by atoms with van der Waals surface area (Å²) in [4.78, 5) is 27.6.